The van der Waals surface area contributed by atoms with Gasteiger partial charge < -0.3 is 24.6 Å². The van der Waals surface area contributed by atoms with E-state index in [9.17, 15) is 23.1 Å². The Hall–Kier alpha value is -4.23. The third-order valence-corrected chi connectivity index (χ3v) is 7.79. The van der Waals surface area contributed by atoms with E-state index in [1.807, 2.05) is 17.0 Å². The van der Waals surface area contributed by atoms with E-state index in [0.717, 1.165) is 16.3 Å². The van der Waals surface area contributed by atoms with E-state index < -0.39 is 23.8 Å². The number of aromatic amines is 1. The van der Waals surface area contributed by atoms with Crippen LogP contribution in [-0.2, 0) is 24.1 Å². The number of rotatable bonds is 8. The molecule has 0 unspecified atom stereocenters. The van der Waals surface area contributed by atoms with Crippen LogP contribution in [0.15, 0.2) is 48.7 Å². The highest BCUT2D eigenvalue weighted by Crippen LogP contribution is 2.36. The van der Waals surface area contributed by atoms with Gasteiger partial charge in [0, 0.05) is 25.7 Å². The molecule has 42 heavy (non-hydrogen) atoms. The number of carboxylic acid groups (broad SMARTS) is 1. The first-order valence-electron chi connectivity index (χ1n) is 12.7. The summed E-state index contributed by atoms with van der Waals surface area (Å²) >= 11 is 12.4. The van der Waals surface area contributed by atoms with Crippen molar-refractivity contribution in [3.63, 3.8) is 0 Å². The van der Waals surface area contributed by atoms with Crippen LogP contribution in [0.2, 0.25) is 10.0 Å². The number of anilines is 2. The van der Waals surface area contributed by atoms with Gasteiger partial charge in [-0.15, -0.1) is 5.10 Å². The number of carboxylic acids is 1. The predicted octanol–water partition coefficient (Wildman–Crippen LogP) is 5.67. The molecule has 2 N–H and O–H groups in total. The number of benzene rings is 2. The molecule has 6 rings (SSSR count). The highest BCUT2D eigenvalue weighted by Gasteiger charge is 2.38. The molecule has 1 aliphatic rings. The Labute approximate surface area is 246 Å². The van der Waals surface area contributed by atoms with Crippen LogP contribution in [0.4, 0.5) is 24.7 Å². The van der Waals surface area contributed by atoms with Crippen molar-refractivity contribution in [2.24, 2.45) is 5.92 Å². The fraction of sp³-hybridized carbons (Fsp3) is 0.259. The molecule has 0 spiro atoms. The van der Waals surface area contributed by atoms with Gasteiger partial charge in [-0.3, -0.25) is 4.79 Å². The lowest BCUT2D eigenvalue weighted by Crippen LogP contribution is -2.51. The first kappa shape index (κ1) is 27.9. The molecule has 218 valence electrons. The van der Waals surface area contributed by atoms with Gasteiger partial charge >= 0.3 is 12.1 Å². The summed E-state index contributed by atoms with van der Waals surface area (Å²) in [6, 6.07) is 12.2. The van der Waals surface area contributed by atoms with Gasteiger partial charge in [-0.2, -0.15) is 13.2 Å². The molecule has 4 heterocycles. The summed E-state index contributed by atoms with van der Waals surface area (Å²) in [5.41, 5.74) is 1.34. The quantitative estimate of drug-likeness (QED) is 0.229. The second kappa shape index (κ2) is 10.6. The van der Waals surface area contributed by atoms with Crippen LogP contribution >= 0.6 is 23.2 Å². The molecule has 2 aromatic carbocycles. The van der Waals surface area contributed by atoms with E-state index in [2.05, 4.69) is 20.1 Å². The second-order valence-electron chi connectivity index (χ2n) is 9.88. The Morgan fingerprint density at radius 2 is 1.86 bits per heavy atom. The van der Waals surface area contributed by atoms with Crippen LogP contribution in [0.3, 0.4) is 0 Å². The van der Waals surface area contributed by atoms with Gasteiger partial charge in [0.2, 0.25) is 0 Å². The maximum absolute atomic E-state index is 14.0. The molecular formula is C27H22Cl2F3N7O3. The van der Waals surface area contributed by atoms with E-state index in [4.69, 9.17) is 27.9 Å². The molecule has 0 atom stereocenters. The average molecular weight is 620 g/mol. The van der Waals surface area contributed by atoms with Crippen LogP contribution in [0.5, 0.6) is 5.75 Å². The summed E-state index contributed by atoms with van der Waals surface area (Å²) in [4.78, 5) is 26.8. The number of hydrogen-bond donors (Lipinski definition) is 2. The van der Waals surface area contributed by atoms with Crippen molar-refractivity contribution >= 4 is 57.4 Å². The van der Waals surface area contributed by atoms with Crippen molar-refractivity contribution < 1.29 is 27.8 Å². The summed E-state index contributed by atoms with van der Waals surface area (Å²) in [5.74, 6) is -0.260. The second-order valence-corrected chi connectivity index (χ2v) is 10.7. The Kier molecular flexibility index (Phi) is 7.01. The van der Waals surface area contributed by atoms with Gasteiger partial charge in [0.1, 0.15) is 11.6 Å². The molecular weight excluding hydrogens is 598 g/mol. The van der Waals surface area contributed by atoms with E-state index in [0.29, 0.717) is 38.3 Å². The van der Waals surface area contributed by atoms with E-state index >= 15 is 0 Å². The third kappa shape index (κ3) is 5.25. The van der Waals surface area contributed by atoms with E-state index in [-0.39, 0.29) is 37.6 Å². The Morgan fingerprint density at radius 1 is 1.14 bits per heavy atom. The first-order chi connectivity index (χ1) is 20.0. The van der Waals surface area contributed by atoms with E-state index in [1.54, 1.807) is 42.3 Å². The molecule has 1 aliphatic heterocycles. The van der Waals surface area contributed by atoms with E-state index in [1.165, 1.54) is 0 Å². The zero-order chi connectivity index (χ0) is 29.8. The summed E-state index contributed by atoms with van der Waals surface area (Å²) < 4.78 is 47.9. The van der Waals surface area contributed by atoms with Crippen LogP contribution in [0, 0.1) is 5.92 Å². The van der Waals surface area contributed by atoms with Crippen LogP contribution in [0.1, 0.15) is 17.1 Å². The number of fused-ring (bicyclic) bond motifs is 2. The summed E-state index contributed by atoms with van der Waals surface area (Å²) in [6.07, 6.45) is -3.98. The molecule has 0 amide bonds. The van der Waals surface area contributed by atoms with Gasteiger partial charge in [-0.25, -0.2) is 14.5 Å². The summed E-state index contributed by atoms with van der Waals surface area (Å²) in [5, 5.41) is 14.2. The number of alkyl halides is 3. The molecule has 3 aromatic heterocycles. The minimum atomic E-state index is -4.72. The number of hydrogen-bond acceptors (Lipinski definition) is 7. The minimum absolute atomic E-state index is 0.0166. The van der Waals surface area contributed by atoms with Crippen molar-refractivity contribution in [2.45, 2.75) is 19.3 Å². The van der Waals surface area contributed by atoms with Crippen LogP contribution in [0.25, 0.3) is 16.7 Å². The zero-order valence-corrected chi connectivity index (χ0v) is 23.4. The Balaban J connectivity index is 1.47. The first-order valence-corrected chi connectivity index (χ1v) is 13.4. The highest BCUT2D eigenvalue weighted by atomic mass is 35.5. The van der Waals surface area contributed by atoms with Gasteiger partial charge in [-0.05, 0) is 29.8 Å². The monoisotopic (exact) mass is 619 g/mol. The molecule has 0 saturated carbocycles. The number of halogens is 5. The van der Waals surface area contributed by atoms with Gasteiger partial charge in [-0.1, -0.05) is 35.3 Å². The normalized spacial score (nSPS) is 14.0. The number of aliphatic carboxylic acids is 1. The van der Waals surface area contributed by atoms with Crippen molar-refractivity contribution in [1.82, 2.24) is 24.6 Å². The summed E-state index contributed by atoms with van der Waals surface area (Å²) in [7, 11) is 1.55. The molecule has 5 aromatic rings. The SMILES string of the molecule is COc1ccc(CN(Cc2nc3cc(Cl)c(Cl)cc3[nH]2)c2cc(N3CC(C(=O)O)C3)nn3c(C(F)(F)F)cnc23)cc1. The lowest BCUT2D eigenvalue weighted by atomic mass is 10.0. The molecule has 0 aliphatic carbocycles. The molecule has 10 nitrogen and oxygen atoms in total. The largest absolute Gasteiger partial charge is 0.497 e. The minimum Gasteiger partial charge on any atom is -0.497 e. The topological polar surface area (TPSA) is 112 Å². The molecule has 1 saturated heterocycles. The number of nitrogens with one attached hydrogen (secondary N) is 1. The Morgan fingerprint density at radius 3 is 2.52 bits per heavy atom. The molecule has 0 radical (unpaired) electrons. The highest BCUT2D eigenvalue weighted by molar-refractivity contribution is 6.42. The van der Waals surface area contributed by atoms with Crippen molar-refractivity contribution in [1.29, 1.82) is 0 Å². The number of aromatic nitrogens is 5. The number of carbonyl (C=O) groups is 1. The fourth-order valence-electron chi connectivity index (χ4n) is 4.83. The molecule has 15 heteroatoms. The lowest BCUT2D eigenvalue weighted by molar-refractivity contribution is -0.143. The van der Waals surface area contributed by atoms with Crippen molar-refractivity contribution in [2.75, 3.05) is 30.0 Å². The molecule has 1 fully saturated rings. The fourth-order valence-corrected chi connectivity index (χ4v) is 5.15. The number of nitrogens with zero attached hydrogens (tertiary/aromatic N) is 6. The smallest absolute Gasteiger partial charge is 0.435 e. The van der Waals surface area contributed by atoms with Gasteiger partial charge in [0.05, 0.1) is 52.5 Å². The van der Waals surface area contributed by atoms with Crippen molar-refractivity contribution in [3.8, 4) is 5.75 Å². The van der Waals surface area contributed by atoms with Crippen LogP contribution < -0.4 is 14.5 Å². The van der Waals surface area contributed by atoms with Crippen molar-refractivity contribution in [3.05, 3.63) is 75.8 Å². The number of methoxy groups -OCH3 is 1. The van der Waals surface area contributed by atoms with Crippen LogP contribution in [-0.4, -0.2) is 55.8 Å². The lowest BCUT2D eigenvalue weighted by Gasteiger charge is -2.38. The van der Waals surface area contributed by atoms with Gasteiger partial charge in [0.25, 0.3) is 0 Å². The average Bonchev–Trinajstić information content (AvgIpc) is 3.51. The third-order valence-electron chi connectivity index (χ3n) is 7.07. The summed E-state index contributed by atoms with van der Waals surface area (Å²) in [6.45, 7) is 0.633. The number of imidazole rings is 2. The maximum atomic E-state index is 14.0. The zero-order valence-electron chi connectivity index (χ0n) is 21.9. The Bertz CT molecular complexity index is 1760. The standard InChI is InChI=1S/C27H22Cl2F3N7O3/c1-42-16-4-2-14(3-5-16)10-37(13-23-34-19-6-17(28)18(29)7-20(19)35-23)21-8-24(38-11-15(12-38)26(40)41)36-39-22(27(30,31)32)9-33-25(21)39/h2-9,15H,10-13H2,1H3,(H,34,35)(H,40,41). The van der Waals surface area contributed by atoms with Gasteiger partial charge in [0.15, 0.2) is 17.2 Å². The number of H-pyrrole nitrogens is 1. The number of ether oxygens (including phenoxy) is 1. The molecule has 0 bridgehead atoms. The maximum Gasteiger partial charge on any atom is 0.435 e. The predicted molar refractivity (Wildman–Crippen MR) is 150 cm³/mol.